The van der Waals surface area contributed by atoms with Gasteiger partial charge in [-0.05, 0) is 12.4 Å². The van der Waals surface area contributed by atoms with Crippen molar-refractivity contribution in [2.75, 3.05) is 13.1 Å². The van der Waals surface area contributed by atoms with Crippen LogP contribution in [0.4, 0.5) is 0 Å². The van der Waals surface area contributed by atoms with Gasteiger partial charge in [0.2, 0.25) is 0 Å². The zero-order valence-corrected chi connectivity index (χ0v) is 5.38. The molecular weight excluding hydrogens is 114 g/mol. The Balaban J connectivity index is 2.91. The lowest BCUT2D eigenvalue weighted by atomic mass is 10.5. The fourth-order valence-corrected chi connectivity index (χ4v) is 0.386. The van der Waals surface area contributed by atoms with Crippen molar-refractivity contribution in [1.29, 1.82) is 0 Å². The van der Waals surface area contributed by atoms with E-state index in [1.165, 1.54) is 12.4 Å². The zero-order valence-electron chi connectivity index (χ0n) is 5.38. The number of hydrogen-bond acceptors (Lipinski definition) is 3. The van der Waals surface area contributed by atoms with Crippen LogP contribution in [0.5, 0.6) is 0 Å². The molecule has 0 aromatic heterocycles. The van der Waals surface area contributed by atoms with Gasteiger partial charge in [0.15, 0.2) is 0 Å². The summed E-state index contributed by atoms with van der Waals surface area (Å²) in [6.45, 7) is 1.58. The van der Waals surface area contributed by atoms with Crippen LogP contribution in [0.2, 0.25) is 0 Å². The highest BCUT2D eigenvalue weighted by molar-refractivity contribution is 4.83. The molecule has 0 radical (unpaired) electrons. The van der Waals surface area contributed by atoms with Crippen molar-refractivity contribution in [3.63, 3.8) is 0 Å². The minimum absolute atomic E-state index is 0.792. The first-order valence-corrected chi connectivity index (χ1v) is 2.86. The van der Waals surface area contributed by atoms with Crippen LogP contribution in [0.25, 0.3) is 0 Å². The molecule has 3 heteroatoms. The zero-order chi connectivity index (χ0) is 6.95. The largest absolute Gasteiger partial charge is 0.405 e. The second kappa shape index (κ2) is 7.04. The Morgan fingerprint density at radius 3 is 1.78 bits per heavy atom. The van der Waals surface area contributed by atoms with E-state index in [0.717, 1.165) is 13.1 Å². The Labute approximate surface area is 55.4 Å². The van der Waals surface area contributed by atoms with Crippen LogP contribution in [0.1, 0.15) is 0 Å². The predicted molar refractivity (Wildman–Crippen MR) is 39.5 cm³/mol. The Hall–Kier alpha value is -0.960. The summed E-state index contributed by atoms with van der Waals surface area (Å²) in [5, 5.41) is 3.05. The first-order chi connectivity index (χ1) is 4.41. The minimum Gasteiger partial charge on any atom is -0.405 e. The summed E-state index contributed by atoms with van der Waals surface area (Å²) < 4.78 is 0. The van der Waals surface area contributed by atoms with Gasteiger partial charge in [0.25, 0.3) is 0 Å². The molecule has 0 heterocycles. The quantitative estimate of drug-likeness (QED) is 0.447. The van der Waals surface area contributed by atoms with Crippen molar-refractivity contribution in [2.45, 2.75) is 0 Å². The van der Waals surface area contributed by atoms with Gasteiger partial charge in [0, 0.05) is 13.1 Å². The standard InChI is InChI=1S/C6H13N3/c7-3-1-5-9-6-2-4-8/h1-4,9H,5-8H2. The number of hydrogen-bond donors (Lipinski definition) is 3. The second-order valence-electron chi connectivity index (χ2n) is 1.51. The first-order valence-electron chi connectivity index (χ1n) is 2.86. The van der Waals surface area contributed by atoms with Gasteiger partial charge in [-0.3, -0.25) is 0 Å². The SMILES string of the molecule is NC=CCNCC=CN. The normalized spacial score (nSPS) is 11.6. The Morgan fingerprint density at radius 2 is 1.44 bits per heavy atom. The summed E-state index contributed by atoms with van der Waals surface area (Å²) in [5.41, 5.74) is 10.2. The van der Waals surface area contributed by atoms with Crippen molar-refractivity contribution in [2.24, 2.45) is 11.5 Å². The van der Waals surface area contributed by atoms with Gasteiger partial charge < -0.3 is 16.8 Å². The highest BCUT2D eigenvalue weighted by Crippen LogP contribution is 1.64. The van der Waals surface area contributed by atoms with Crippen molar-refractivity contribution < 1.29 is 0 Å². The summed E-state index contributed by atoms with van der Waals surface area (Å²) in [6.07, 6.45) is 6.70. The molecule has 0 aliphatic rings. The smallest absolute Gasteiger partial charge is 0.0154 e. The van der Waals surface area contributed by atoms with E-state index in [1.807, 2.05) is 12.2 Å². The van der Waals surface area contributed by atoms with Gasteiger partial charge in [-0.2, -0.15) is 0 Å². The summed E-state index contributed by atoms with van der Waals surface area (Å²) in [6, 6.07) is 0. The van der Waals surface area contributed by atoms with Gasteiger partial charge in [0.1, 0.15) is 0 Å². The Bertz CT molecular complexity index is 84.5. The Kier molecular flexibility index (Phi) is 6.29. The molecule has 52 valence electrons. The van der Waals surface area contributed by atoms with Crippen molar-refractivity contribution in [3.05, 3.63) is 24.6 Å². The molecule has 9 heavy (non-hydrogen) atoms. The maximum Gasteiger partial charge on any atom is 0.0154 e. The van der Waals surface area contributed by atoms with Gasteiger partial charge >= 0.3 is 0 Å². The predicted octanol–water partition coefficient (Wildman–Crippen LogP) is -0.479. The Morgan fingerprint density at radius 1 is 1.00 bits per heavy atom. The van der Waals surface area contributed by atoms with Crippen LogP contribution < -0.4 is 16.8 Å². The monoisotopic (exact) mass is 127 g/mol. The van der Waals surface area contributed by atoms with E-state index in [0.29, 0.717) is 0 Å². The van der Waals surface area contributed by atoms with E-state index in [-0.39, 0.29) is 0 Å². The summed E-state index contributed by atoms with van der Waals surface area (Å²) >= 11 is 0. The number of nitrogens with two attached hydrogens (primary N) is 2. The number of nitrogens with one attached hydrogen (secondary N) is 1. The summed E-state index contributed by atoms with van der Waals surface area (Å²) in [4.78, 5) is 0. The fraction of sp³-hybridized carbons (Fsp3) is 0.333. The van der Waals surface area contributed by atoms with E-state index in [9.17, 15) is 0 Å². The van der Waals surface area contributed by atoms with Gasteiger partial charge in [-0.25, -0.2) is 0 Å². The highest BCUT2D eigenvalue weighted by Gasteiger charge is 1.73. The van der Waals surface area contributed by atoms with Crippen molar-refractivity contribution in [3.8, 4) is 0 Å². The van der Waals surface area contributed by atoms with Crippen LogP contribution >= 0.6 is 0 Å². The lowest BCUT2D eigenvalue weighted by Crippen LogP contribution is -2.13. The molecule has 5 N–H and O–H groups in total. The topological polar surface area (TPSA) is 64.1 Å². The molecule has 0 spiro atoms. The van der Waals surface area contributed by atoms with Gasteiger partial charge in [0.05, 0.1) is 0 Å². The van der Waals surface area contributed by atoms with Crippen LogP contribution in [0, 0.1) is 0 Å². The molecule has 0 bridgehead atoms. The average molecular weight is 127 g/mol. The van der Waals surface area contributed by atoms with E-state index < -0.39 is 0 Å². The fourth-order valence-electron chi connectivity index (χ4n) is 0.386. The third kappa shape index (κ3) is 7.04. The van der Waals surface area contributed by atoms with E-state index in [4.69, 9.17) is 11.5 Å². The molecule has 0 unspecified atom stereocenters. The molecule has 0 aromatic carbocycles. The first kappa shape index (κ1) is 8.04. The van der Waals surface area contributed by atoms with Crippen LogP contribution in [-0.2, 0) is 0 Å². The third-order valence-corrected chi connectivity index (χ3v) is 0.797. The lowest BCUT2D eigenvalue weighted by Gasteiger charge is -1.91. The van der Waals surface area contributed by atoms with E-state index in [2.05, 4.69) is 5.32 Å². The van der Waals surface area contributed by atoms with E-state index in [1.54, 1.807) is 0 Å². The second-order valence-corrected chi connectivity index (χ2v) is 1.51. The van der Waals surface area contributed by atoms with E-state index >= 15 is 0 Å². The van der Waals surface area contributed by atoms with Crippen LogP contribution in [0.15, 0.2) is 24.6 Å². The molecular formula is C6H13N3. The maximum atomic E-state index is 5.08. The molecule has 0 atom stereocenters. The molecule has 0 fully saturated rings. The molecule has 0 saturated heterocycles. The third-order valence-electron chi connectivity index (χ3n) is 0.797. The molecule has 0 aliphatic heterocycles. The summed E-state index contributed by atoms with van der Waals surface area (Å²) in [5.74, 6) is 0. The molecule has 0 aromatic rings. The highest BCUT2D eigenvalue weighted by atomic mass is 14.8. The summed E-state index contributed by atoms with van der Waals surface area (Å²) in [7, 11) is 0. The molecule has 0 rings (SSSR count). The molecule has 0 aliphatic carbocycles. The number of rotatable bonds is 4. The lowest BCUT2D eigenvalue weighted by molar-refractivity contribution is 0.840. The minimum atomic E-state index is 0.792. The molecule has 3 nitrogen and oxygen atoms in total. The molecule has 0 amide bonds. The molecule has 0 saturated carbocycles. The maximum absolute atomic E-state index is 5.08. The average Bonchev–Trinajstić information content (AvgIpc) is 1.89. The van der Waals surface area contributed by atoms with Gasteiger partial charge in [-0.15, -0.1) is 0 Å². The van der Waals surface area contributed by atoms with Crippen molar-refractivity contribution >= 4 is 0 Å². The van der Waals surface area contributed by atoms with Crippen LogP contribution in [0.3, 0.4) is 0 Å². The van der Waals surface area contributed by atoms with Crippen molar-refractivity contribution in [1.82, 2.24) is 5.32 Å². The van der Waals surface area contributed by atoms with Crippen LogP contribution in [-0.4, -0.2) is 13.1 Å². The van der Waals surface area contributed by atoms with Gasteiger partial charge in [-0.1, -0.05) is 12.2 Å².